The molecule has 3 aromatic rings. The van der Waals surface area contributed by atoms with Gasteiger partial charge in [0, 0.05) is 11.3 Å². The third-order valence-corrected chi connectivity index (χ3v) is 6.28. The van der Waals surface area contributed by atoms with Crippen molar-refractivity contribution in [1.29, 1.82) is 0 Å². The Morgan fingerprint density at radius 3 is 2.08 bits per heavy atom. The molecule has 0 aliphatic carbocycles. The van der Waals surface area contributed by atoms with E-state index in [0.29, 0.717) is 29.5 Å². The van der Waals surface area contributed by atoms with Crippen molar-refractivity contribution in [1.82, 2.24) is 0 Å². The number of benzene rings is 3. The summed E-state index contributed by atoms with van der Waals surface area (Å²) in [6.45, 7) is 11.1. The average molecular weight is 484 g/mol. The summed E-state index contributed by atoms with van der Waals surface area (Å²) in [6, 6.07) is 23.2. The molecule has 1 atom stereocenters. The fraction of sp³-hybridized carbons (Fsp3) is 0.290. The number of aliphatic hydroxyl groups excluding tert-OH is 1. The number of carbonyl (C=O) groups excluding carboxylic acids is 2. The van der Waals surface area contributed by atoms with Gasteiger partial charge in [-0.05, 0) is 58.9 Å². The van der Waals surface area contributed by atoms with Crippen molar-refractivity contribution >= 4 is 23.1 Å². The topological polar surface area (TPSA) is 66.8 Å². The molecule has 1 heterocycles. The van der Waals surface area contributed by atoms with Crippen LogP contribution in [-0.2, 0) is 15.0 Å². The van der Waals surface area contributed by atoms with Crippen LogP contribution >= 0.6 is 0 Å². The first kappa shape index (κ1) is 25.2. The Morgan fingerprint density at radius 1 is 0.917 bits per heavy atom. The fourth-order valence-corrected chi connectivity index (χ4v) is 4.30. The largest absolute Gasteiger partial charge is 0.507 e. The lowest BCUT2D eigenvalue weighted by Gasteiger charge is -2.26. The SMILES string of the molecule is CC(C)COc1ccc(/C(O)=C2/C(=O)C(=O)N(c3ccccc3)C2c2ccc(C(C)(C)C)cc2)cc1. The Kier molecular flexibility index (Phi) is 7.02. The highest BCUT2D eigenvalue weighted by Gasteiger charge is 2.47. The molecular formula is C31H33NO4. The number of amides is 1. The molecule has 0 aromatic heterocycles. The predicted octanol–water partition coefficient (Wildman–Crippen LogP) is 6.65. The second-order valence-electron chi connectivity index (χ2n) is 10.6. The molecule has 1 fully saturated rings. The summed E-state index contributed by atoms with van der Waals surface area (Å²) < 4.78 is 5.74. The maximum atomic E-state index is 13.3. The van der Waals surface area contributed by atoms with Crippen LogP contribution in [0.15, 0.2) is 84.4 Å². The number of carbonyl (C=O) groups is 2. The van der Waals surface area contributed by atoms with E-state index in [-0.39, 0.29) is 16.7 Å². The molecule has 1 saturated heterocycles. The van der Waals surface area contributed by atoms with Crippen molar-refractivity contribution in [2.24, 2.45) is 5.92 Å². The molecule has 0 spiro atoms. The molecule has 1 N–H and O–H groups in total. The first-order chi connectivity index (χ1) is 17.1. The third kappa shape index (κ3) is 5.06. The Hall–Kier alpha value is -3.86. The van der Waals surface area contributed by atoms with Crippen LogP contribution < -0.4 is 9.64 Å². The Morgan fingerprint density at radius 2 is 1.53 bits per heavy atom. The predicted molar refractivity (Wildman–Crippen MR) is 143 cm³/mol. The summed E-state index contributed by atoms with van der Waals surface area (Å²) in [5.41, 5.74) is 2.97. The normalized spacial score (nSPS) is 17.6. The lowest BCUT2D eigenvalue weighted by molar-refractivity contribution is -0.132. The van der Waals surface area contributed by atoms with Crippen LogP contribution in [0.25, 0.3) is 5.76 Å². The van der Waals surface area contributed by atoms with Gasteiger partial charge in [0.2, 0.25) is 0 Å². The van der Waals surface area contributed by atoms with Gasteiger partial charge in [-0.1, -0.05) is 77.1 Å². The van der Waals surface area contributed by atoms with Gasteiger partial charge in [-0.15, -0.1) is 0 Å². The van der Waals surface area contributed by atoms with E-state index in [0.717, 1.165) is 11.1 Å². The number of aliphatic hydroxyl groups is 1. The van der Waals surface area contributed by atoms with Crippen molar-refractivity contribution in [3.8, 4) is 5.75 Å². The van der Waals surface area contributed by atoms with E-state index in [1.54, 1.807) is 36.4 Å². The number of ether oxygens (including phenoxy) is 1. The van der Waals surface area contributed by atoms with E-state index in [2.05, 4.69) is 34.6 Å². The molecule has 186 valence electrons. The van der Waals surface area contributed by atoms with Crippen LogP contribution in [0.1, 0.15) is 57.4 Å². The van der Waals surface area contributed by atoms with Gasteiger partial charge in [0.25, 0.3) is 11.7 Å². The van der Waals surface area contributed by atoms with Gasteiger partial charge in [-0.3, -0.25) is 14.5 Å². The van der Waals surface area contributed by atoms with E-state index >= 15 is 0 Å². The summed E-state index contributed by atoms with van der Waals surface area (Å²) in [4.78, 5) is 28.1. The molecule has 3 aromatic carbocycles. The number of anilines is 1. The van der Waals surface area contributed by atoms with Crippen LogP contribution in [-0.4, -0.2) is 23.4 Å². The first-order valence-corrected chi connectivity index (χ1v) is 12.3. The molecule has 0 saturated carbocycles. The summed E-state index contributed by atoms with van der Waals surface area (Å²) in [5.74, 6) is -0.506. The molecular weight excluding hydrogens is 450 g/mol. The van der Waals surface area contributed by atoms with E-state index in [4.69, 9.17) is 4.74 Å². The number of rotatable bonds is 6. The maximum Gasteiger partial charge on any atom is 0.300 e. The Balaban J connectivity index is 1.81. The standard InChI is InChI=1S/C31H33NO4/c1-20(2)19-36-25-17-13-22(14-18-25)28(33)26-27(21-11-15-23(16-12-21)31(3,4)5)32(30(35)29(26)34)24-9-7-6-8-10-24/h6-18,20,27,33H,19H2,1-5H3/b28-26-. The van der Waals surface area contributed by atoms with Crippen LogP contribution in [0, 0.1) is 5.92 Å². The van der Waals surface area contributed by atoms with Gasteiger partial charge in [-0.2, -0.15) is 0 Å². The molecule has 5 nitrogen and oxygen atoms in total. The highest BCUT2D eigenvalue weighted by Crippen LogP contribution is 2.42. The number of hydrogen-bond donors (Lipinski definition) is 1. The molecule has 36 heavy (non-hydrogen) atoms. The zero-order chi connectivity index (χ0) is 26.0. The molecule has 1 aliphatic rings. The van der Waals surface area contributed by atoms with E-state index in [1.807, 2.05) is 42.5 Å². The van der Waals surface area contributed by atoms with Gasteiger partial charge in [-0.25, -0.2) is 0 Å². The molecule has 5 heteroatoms. The van der Waals surface area contributed by atoms with Crippen LogP contribution in [0.2, 0.25) is 0 Å². The minimum atomic E-state index is -0.752. The van der Waals surface area contributed by atoms with Crippen molar-refractivity contribution in [3.05, 3.63) is 101 Å². The second kappa shape index (κ2) is 10.0. The zero-order valence-corrected chi connectivity index (χ0v) is 21.5. The van der Waals surface area contributed by atoms with Crippen LogP contribution in [0.5, 0.6) is 5.75 Å². The number of para-hydroxylation sites is 1. The van der Waals surface area contributed by atoms with Crippen molar-refractivity contribution in [2.45, 2.75) is 46.1 Å². The third-order valence-electron chi connectivity index (χ3n) is 6.28. The summed E-state index contributed by atoms with van der Waals surface area (Å²) in [6.07, 6.45) is 0. The van der Waals surface area contributed by atoms with Gasteiger partial charge in [0.05, 0.1) is 18.2 Å². The monoisotopic (exact) mass is 483 g/mol. The van der Waals surface area contributed by atoms with Crippen molar-refractivity contribution in [2.75, 3.05) is 11.5 Å². The highest BCUT2D eigenvalue weighted by atomic mass is 16.5. The Labute approximate surface area is 213 Å². The second-order valence-corrected chi connectivity index (χ2v) is 10.6. The number of nitrogens with zero attached hydrogens (tertiary/aromatic N) is 1. The molecule has 1 amide bonds. The molecule has 1 unspecified atom stereocenters. The first-order valence-electron chi connectivity index (χ1n) is 12.3. The summed E-state index contributed by atoms with van der Waals surface area (Å²) in [5, 5.41) is 11.3. The molecule has 0 radical (unpaired) electrons. The van der Waals surface area contributed by atoms with Crippen molar-refractivity contribution in [3.63, 3.8) is 0 Å². The van der Waals surface area contributed by atoms with Gasteiger partial charge < -0.3 is 9.84 Å². The number of hydrogen-bond acceptors (Lipinski definition) is 4. The average Bonchev–Trinajstić information content (AvgIpc) is 3.13. The number of ketones is 1. The minimum absolute atomic E-state index is 0.0425. The fourth-order valence-electron chi connectivity index (χ4n) is 4.30. The Bertz CT molecular complexity index is 1270. The van der Waals surface area contributed by atoms with E-state index in [9.17, 15) is 14.7 Å². The highest BCUT2D eigenvalue weighted by molar-refractivity contribution is 6.51. The van der Waals surface area contributed by atoms with Gasteiger partial charge in [0.1, 0.15) is 11.5 Å². The van der Waals surface area contributed by atoms with Gasteiger partial charge >= 0.3 is 0 Å². The van der Waals surface area contributed by atoms with E-state index < -0.39 is 17.7 Å². The van der Waals surface area contributed by atoms with E-state index in [1.165, 1.54) is 4.90 Å². The summed E-state index contributed by atoms with van der Waals surface area (Å²) in [7, 11) is 0. The maximum absolute atomic E-state index is 13.3. The van der Waals surface area contributed by atoms with Crippen LogP contribution in [0.4, 0.5) is 5.69 Å². The quantitative estimate of drug-likeness (QED) is 0.242. The van der Waals surface area contributed by atoms with Crippen molar-refractivity contribution < 1.29 is 19.4 Å². The van der Waals surface area contributed by atoms with Gasteiger partial charge in [0.15, 0.2) is 0 Å². The lowest BCUT2D eigenvalue weighted by Crippen LogP contribution is -2.29. The number of Topliss-reactive ketones (excluding diaryl/α,β-unsaturated/α-hetero) is 1. The molecule has 0 bridgehead atoms. The molecule has 1 aliphatic heterocycles. The lowest BCUT2D eigenvalue weighted by atomic mass is 9.85. The smallest absolute Gasteiger partial charge is 0.300 e. The molecule has 4 rings (SSSR count). The minimum Gasteiger partial charge on any atom is -0.507 e. The summed E-state index contributed by atoms with van der Waals surface area (Å²) >= 11 is 0. The van der Waals surface area contributed by atoms with Crippen LogP contribution in [0.3, 0.4) is 0 Å². The zero-order valence-electron chi connectivity index (χ0n) is 21.5.